The number of anilines is 1. The van der Waals surface area contributed by atoms with Crippen molar-refractivity contribution in [1.29, 1.82) is 0 Å². The highest BCUT2D eigenvalue weighted by molar-refractivity contribution is 8.17. The molecule has 0 amide bonds. The zero-order valence-corrected chi connectivity index (χ0v) is 15.7. The number of hydrogen-bond acceptors (Lipinski definition) is 4. The third-order valence-corrected chi connectivity index (χ3v) is 5.29. The van der Waals surface area contributed by atoms with Crippen LogP contribution in [0.4, 0.5) is 5.69 Å². The van der Waals surface area contributed by atoms with Crippen molar-refractivity contribution < 1.29 is 0 Å². The Hall–Kier alpha value is -1.62. The Balaban J connectivity index is 1.83. The molecule has 0 aliphatic carbocycles. The van der Waals surface area contributed by atoms with Gasteiger partial charge in [0.05, 0.1) is 0 Å². The standard InChI is InChI=1S/C18H17Cl2N3S/c1-3-16(21-15-10-8-14(20)9-11-15)18-23(2)22-17(24-18)12-4-6-13(19)7-5-12/h4-11,21H,3H2,1-2H3/b18-16-. The summed E-state index contributed by atoms with van der Waals surface area (Å²) < 4.78 is 0. The number of thioether (sulfide) groups is 1. The molecule has 0 bridgehead atoms. The Kier molecular flexibility index (Phi) is 5.39. The van der Waals surface area contributed by atoms with Crippen LogP contribution in [-0.2, 0) is 0 Å². The molecule has 24 heavy (non-hydrogen) atoms. The van der Waals surface area contributed by atoms with Gasteiger partial charge in [-0.3, -0.25) is 5.01 Å². The van der Waals surface area contributed by atoms with Crippen molar-refractivity contribution in [3.05, 3.63) is 74.9 Å². The van der Waals surface area contributed by atoms with Gasteiger partial charge in [-0.25, -0.2) is 0 Å². The summed E-state index contributed by atoms with van der Waals surface area (Å²) >= 11 is 13.6. The van der Waals surface area contributed by atoms with Crippen LogP contribution < -0.4 is 5.32 Å². The monoisotopic (exact) mass is 377 g/mol. The molecule has 6 heteroatoms. The fraction of sp³-hybridized carbons (Fsp3) is 0.167. The average Bonchev–Trinajstić information content (AvgIpc) is 2.97. The highest BCUT2D eigenvalue weighted by Crippen LogP contribution is 2.35. The van der Waals surface area contributed by atoms with Gasteiger partial charge in [0.1, 0.15) is 10.1 Å². The van der Waals surface area contributed by atoms with Gasteiger partial charge >= 0.3 is 0 Å². The zero-order chi connectivity index (χ0) is 17.1. The third-order valence-electron chi connectivity index (χ3n) is 3.57. The van der Waals surface area contributed by atoms with E-state index in [0.717, 1.165) is 43.5 Å². The fourth-order valence-corrected chi connectivity index (χ4v) is 3.67. The molecule has 2 aromatic carbocycles. The van der Waals surface area contributed by atoms with Crippen molar-refractivity contribution in [3.63, 3.8) is 0 Å². The molecule has 1 N–H and O–H groups in total. The van der Waals surface area contributed by atoms with Gasteiger partial charge in [-0.05, 0) is 54.6 Å². The summed E-state index contributed by atoms with van der Waals surface area (Å²) in [7, 11) is 1.96. The van der Waals surface area contributed by atoms with E-state index in [-0.39, 0.29) is 0 Å². The Labute approximate surface area is 156 Å². The molecule has 124 valence electrons. The normalized spacial score (nSPS) is 16.2. The number of allylic oxidation sites excluding steroid dienone is 1. The van der Waals surface area contributed by atoms with Gasteiger partial charge in [-0.15, -0.1) is 0 Å². The highest BCUT2D eigenvalue weighted by atomic mass is 35.5. The second kappa shape index (κ2) is 7.51. The fourth-order valence-electron chi connectivity index (χ4n) is 2.33. The summed E-state index contributed by atoms with van der Waals surface area (Å²) in [4.78, 5) is 0. The summed E-state index contributed by atoms with van der Waals surface area (Å²) in [5.74, 6) is 0. The first-order chi connectivity index (χ1) is 11.6. The summed E-state index contributed by atoms with van der Waals surface area (Å²) in [6.45, 7) is 2.12. The Morgan fingerprint density at radius 2 is 1.62 bits per heavy atom. The van der Waals surface area contributed by atoms with E-state index in [0.29, 0.717) is 0 Å². The maximum absolute atomic E-state index is 5.96. The van der Waals surface area contributed by atoms with Crippen LogP contribution in [0.15, 0.2) is 64.4 Å². The van der Waals surface area contributed by atoms with E-state index < -0.39 is 0 Å². The van der Waals surface area contributed by atoms with Gasteiger partial charge in [-0.2, -0.15) is 5.10 Å². The predicted molar refractivity (Wildman–Crippen MR) is 106 cm³/mol. The second-order valence-electron chi connectivity index (χ2n) is 5.31. The predicted octanol–water partition coefficient (Wildman–Crippen LogP) is 6.02. The van der Waals surface area contributed by atoms with E-state index in [1.54, 1.807) is 11.8 Å². The molecule has 1 aliphatic rings. The molecule has 0 fully saturated rings. The van der Waals surface area contributed by atoms with Gasteiger partial charge in [0, 0.05) is 34.0 Å². The molecular formula is C18H17Cl2N3S. The minimum Gasteiger partial charge on any atom is -0.357 e. The molecule has 0 radical (unpaired) electrons. The van der Waals surface area contributed by atoms with Crippen LogP contribution in [0.2, 0.25) is 10.0 Å². The number of benzene rings is 2. The summed E-state index contributed by atoms with van der Waals surface area (Å²) in [5, 5.41) is 13.5. The summed E-state index contributed by atoms with van der Waals surface area (Å²) in [5.41, 5.74) is 3.20. The molecule has 1 heterocycles. The van der Waals surface area contributed by atoms with Crippen molar-refractivity contribution >= 4 is 45.7 Å². The molecule has 0 atom stereocenters. The van der Waals surface area contributed by atoms with Crippen LogP contribution in [0.5, 0.6) is 0 Å². The molecule has 0 saturated carbocycles. The van der Waals surface area contributed by atoms with Crippen molar-refractivity contribution in [2.24, 2.45) is 5.10 Å². The van der Waals surface area contributed by atoms with Crippen LogP contribution in [0.3, 0.4) is 0 Å². The van der Waals surface area contributed by atoms with Crippen LogP contribution in [0, 0.1) is 0 Å². The van der Waals surface area contributed by atoms with Crippen LogP contribution in [0.25, 0.3) is 0 Å². The van der Waals surface area contributed by atoms with E-state index in [4.69, 9.17) is 23.2 Å². The van der Waals surface area contributed by atoms with Crippen LogP contribution in [0.1, 0.15) is 18.9 Å². The number of halogens is 2. The lowest BCUT2D eigenvalue weighted by Gasteiger charge is -2.16. The minimum absolute atomic E-state index is 0.727. The molecule has 3 nitrogen and oxygen atoms in total. The lowest BCUT2D eigenvalue weighted by Crippen LogP contribution is -2.10. The second-order valence-corrected chi connectivity index (χ2v) is 7.16. The molecule has 0 unspecified atom stereocenters. The maximum atomic E-state index is 5.96. The lowest BCUT2D eigenvalue weighted by atomic mass is 10.2. The quantitative estimate of drug-likeness (QED) is 0.705. The van der Waals surface area contributed by atoms with Gasteiger partial charge in [-0.1, -0.05) is 42.3 Å². The molecule has 0 aromatic heterocycles. The SMILES string of the molecule is CC/C(Nc1ccc(Cl)cc1)=C1/SC(c2ccc(Cl)cc2)=NN1C. The zero-order valence-electron chi connectivity index (χ0n) is 13.4. The lowest BCUT2D eigenvalue weighted by molar-refractivity contribution is 0.481. The molecule has 0 spiro atoms. The minimum atomic E-state index is 0.727. The average molecular weight is 378 g/mol. The van der Waals surface area contributed by atoms with Crippen molar-refractivity contribution in [2.75, 3.05) is 12.4 Å². The van der Waals surface area contributed by atoms with E-state index in [1.165, 1.54) is 0 Å². The Bertz CT molecular complexity index is 783. The first-order valence-electron chi connectivity index (χ1n) is 7.58. The molecule has 1 aliphatic heterocycles. The van der Waals surface area contributed by atoms with Gasteiger partial charge < -0.3 is 5.32 Å². The van der Waals surface area contributed by atoms with E-state index in [1.807, 2.05) is 60.6 Å². The Morgan fingerprint density at radius 1 is 1.04 bits per heavy atom. The highest BCUT2D eigenvalue weighted by Gasteiger charge is 2.23. The van der Waals surface area contributed by atoms with Crippen LogP contribution >= 0.6 is 35.0 Å². The molecule has 3 rings (SSSR count). The first kappa shape index (κ1) is 17.2. The van der Waals surface area contributed by atoms with Crippen molar-refractivity contribution in [2.45, 2.75) is 13.3 Å². The van der Waals surface area contributed by atoms with E-state index in [2.05, 4.69) is 17.3 Å². The summed E-state index contributed by atoms with van der Waals surface area (Å²) in [6, 6.07) is 15.4. The summed E-state index contributed by atoms with van der Waals surface area (Å²) in [6.07, 6.45) is 0.874. The van der Waals surface area contributed by atoms with E-state index in [9.17, 15) is 0 Å². The number of nitrogens with one attached hydrogen (secondary N) is 1. The first-order valence-corrected chi connectivity index (χ1v) is 9.16. The van der Waals surface area contributed by atoms with Gasteiger partial charge in [0.25, 0.3) is 0 Å². The number of hydrazone groups is 1. The number of rotatable bonds is 4. The van der Waals surface area contributed by atoms with Crippen LogP contribution in [-0.4, -0.2) is 17.1 Å². The third kappa shape index (κ3) is 3.89. The van der Waals surface area contributed by atoms with Crippen molar-refractivity contribution in [1.82, 2.24) is 5.01 Å². The van der Waals surface area contributed by atoms with Crippen molar-refractivity contribution in [3.8, 4) is 0 Å². The molecule has 0 saturated heterocycles. The smallest absolute Gasteiger partial charge is 0.130 e. The largest absolute Gasteiger partial charge is 0.357 e. The number of hydrogen-bond donors (Lipinski definition) is 1. The Morgan fingerprint density at radius 3 is 2.21 bits per heavy atom. The molecule has 2 aromatic rings. The maximum Gasteiger partial charge on any atom is 0.130 e. The van der Waals surface area contributed by atoms with E-state index >= 15 is 0 Å². The molecular weight excluding hydrogens is 361 g/mol. The van der Waals surface area contributed by atoms with Gasteiger partial charge in [0.15, 0.2) is 0 Å². The number of nitrogens with zero attached hydrogens (tertiary/aromatic N) is 2. The topological polar surface area (TPSA) is 27.6 Å². The van der Waals surface area contributed by atoms with Gasteiger partial charge in [0.2, 0.25) is 0 Å².